The molecule has 0 saturated heterocycles. The van der Waals surface area contributed by atoms with Crippen LogP contribution < -0.4 is 10.1 Å². The first-order valence-corrected chi connectivity index (χ1v) is 10.8. The highest BCUT2D eigenvalue weighted by Gasteiger charge is 2.23. The molecular weight excluding hydrogens is 412 g/mol. The predicted molar refractivity (Wildman–Crippen MR) is 120 cm³/mol. The number of ketones is 1. The molecule has 1 amide bonds. The third-order valence-corrected chi connectivity index (χ3v) is 6.48. The third-order valence-electron chi connectivity index (χ3n) is 5.44. The first kappa shape index (κ1) is 19.6. The normalized spacial score (nSPS) is 14.2. The average molecular weight is 433 g/mol. The maximum absolute atomic E-state index is 13.1. The van der Waals surface area contributed by atoms with Gasteiger partial charge in [-0.1, -0.05) is 30.0 Å². The van der Waals surface area contributed by atoms with Gasteiger partial charge in [0.25, 0.3) is 5.91 Å². The minimum absolute atomic E-state index is 0.0145. The summed E-state index contributed by atoms with van der Waals surface area (Å²) in [4.78, 5) is 24.7. The second-order valence-corrected chi connectivity index (χ2v) is 8.95. The first-order chi connectivity index (χ1) is 14.9. The van der Waals surface area contributed by atoms with Gasteiger partial charge in [0.05, 0.1) is 16.5 Å². The molecule has 0 saturated carbocycles. The lowest BCUT2D eigenvalue weighted by atomic mass is 10.1. The summed E-state index contributed by atoms with van der Waals surface area (Å²) in [6.45, 7) is 5.97. The van der Waals surface area contributed by atoms with E-state index in [4.69, 9.17) is 4.74 Å². The van der Waals surface area contributed by atoms with E-state index in [1.165, 1.54) is 11.8 Å². The quantitative estimate of drug-likeness (QED) is 0.384. The number of ether oxygens (including phenoxy) is 1. The smallest absolute Gasteiger partial charge is 0.262 e. The van der Waals surface area contributed by atoms with Crippen LogP contribution in [0, 0.1) is 13.8 Å². The number of thioether (sulfide) groups is 1. The molecule has 2 aromatic heterocycles. The van der Waals surface area contributed by atoms with E-state index in [0.717, 1.165) is 27.7 Å². The van der Waals surface area contributed by atoms with E-state index in [1.807, 2.05) is 23.5 Å². The predicted octanol–water partition coefficient (Wildman–Crippen LogP) is 4.19. The van der Waals surface area contributed by atoms with Gasteiger partial charge in [0.15, 0.2) is 23.2 Å². The van der Waals surface area contributed by atoms with Gasteiger partial charge in [0, 0.05) is 10.9 Å². The molecule has 4 aromatic rings. The van der Waals surface area contributed by atoms with Crippen molar-refractivity contribution in [2.24, 2.45) is 0 Å². The number of nitrogens with zero attached hydrogens (tertiary/aromatic N) is 3. The molecular formula is C23H20N4O3S. The van der Waals surface area contributed by atoms with E-state index >= 15 is 0 Å². The number of aromatic nitrogens is 3. The highest BCUT2D eigenvalue weighted by atomic mass is 32.2. The maximum Gasteiger partial charge on any atom is 0.262 e. The van der Waals surface area contributed by atoms with Crippen LogP contribution in [0.5, 0.6) is 5.75 Å². The molecule has 1 atom stereocenters. The van der Waals surface area contributed by atoms with Crippen LogP contribution in [0.3, 0.4) is 0 Å². The van der Waals surface area contributed by atoms with Crippen LogP contribution in [0.1, 0.15) is 28.4 Å². The van der Waals surface area contributed by atoms with E-state index in [1.54, 1.807) is 18.2 Å². The van der Waals surface area contributed by atoms with Gasteiger partial charge in [-0.2, -0.15) is 0 Å². The number of hydrogen-bond acceptors (Lipinski definition) is 6. The lowest BCUT2D eigenvalue weighted by Gasteiger charge is -2.19. The summed E-state index contributed by atoms with van der Waals surface area (Å²) in [6.07, 6.45) is 0. The van der Waals surface area contributed by atoms with Gasteiger partial charge in [0.2, 0.25) is 0 Å². The zero-order valence-corrected chi connectivity index (χ0v) is 18.1. The number of hydrogen-bond donors (Lipinski definition) is 1. The van der Waals surface area contributed by atoms with E-state index < -0.39 is 5.25 Å². The van der Waals surface area contributed by atoms with Crippen LogP contribution in [-0.2, 0) is 4.79 Å². The van der Waals surface area contributed by atoms with Gasteiger partial charge < -0.3 is 10.1 Å². The largest absolute Gasteiger partial charge is 0.482 e. The zero-order valence-electron chi connectivity index (χ0n) is 17.3. The SMILES string of the molecule is Cc1cc2nnc(SC(C)C(=O)c3ccc4c(c3)NC(=O)CO4)n2c2c(C)cccc12. The number of rotatable bonds is 4. The maximum atomic E-state index is 13.1. The molecule has 1 unspecified atom stereocenters. The van der Waals surface area contributed by atoms with Crippen molar-refractivity contribution in [3.63, 3.8) is 0 Å². The lowest BCUT2D eigenvalue weighted by molar-refractivity contribution is -0.118. The fourth-order valence-electron chi connectivity index (χ4n) is 3.89. The van der Waals surface area contributed by atoms with E-state index in [0.29, 0.717) is 22.2 Å². The van der Waals surface area contributed by atoms with Gasteiger partial charge >= 0.3 is 0 Å². The Balaban J connectivity index is 1.50. The van der Waals surface area contributed by atoms with E-state index in [9.17, 15) is 9.59 Å². The molecule has 1 aliphatic heterocycles. The Hall–Kier alpha value is -3.39. The van der Waals surface area contributed by atoms with Crippen LogP contribution in [-0.4, -0.2) is 38.1 Å². The Bertz CT molecular complexity index is 1380. The Kier molecular flexibility index (Phi) is 4.66. The number of nitrogens with one attached hydrogen (secondary N) is 1. The molecule has 0 fully saturated rings. The first-order valence-electron chi connectivity index (χ1n) is 9.94. The molecule has 0 radical (unpaired) electrons. The number of carbonyl (C=O) groups is 2. The molecule has 0 aliphatic carbocycles. The van der Waals surface area contributed by atoms with Crippen molar-refractivity contribution in [1.29, 1.82) is 0 Å². The Morgan fingerprint density at radius 1 is 1.16 bits per heavy atom. The van der Waals surface area contributed by atoms with Crippen LogP contribution in [0.2, 0.25) is 0 Å². The van der Waals surface area contributed by atoms with Crippen LogP contribution in [0.25, 0.3) is 16.6 Å². The molecule has 7 nitrogen and oxygen atoms in total. The number of aryl methyl sites for hydroxylation is 2. The highest BCUT2D eigenvalue weighted by molar-refractivity contribution is 8.00. The van der Waals surface area contributed by atoms with Crippen LogP contribution in [0.4, 0.5) is 5.69 Å². The Labute approximate surface area is 182 Å². The number of Topliss-reactive ketones (excluding diaryl/α,β-unsaturated/α-hetero) is 1. The fourth-order valence-corrected chi connectivity index (χ4v) is 4.83. The number of amides is 1. The Morgan fingerprint density at radius 3 is 2.84 bits per heavy atom. The number of pyridine rings is 1. The van der Waals surface area contributed by atoms with Crippen molar-refractivity contribution in [2.45, 2.75) is 31.2 Å². The molecule has 1 N–H and O–H groups in total. The summed E-state index contributed by atoms with van der Waals surface area (Å²) in [5, 5.41) is 12.9. The van der Waals surface area contributed by atoms with E-state index in [2.05, 4.69) is 41.5 Å². The summed E-state index contributed by atoms with van der Waals surface area (Å²) in [5.41, 5.74) is 5.10. The van der Waals surface area contributed by atoms with Gasteiger partial charge in [-0.15, -0.1) is 10.2 Å². The van der Waals surface area contributed by atoms with Crippen molar-refractivity contribution in [2.75, 3.05) is 11.9 Å². The molecule has 0 bridgehead atoms. The van der Waals surface area contributed by atoms with Crippen molar-refractivity contribution in [1.82, 2.24) is 14.6 Å². The molecule has 8 heteroatoms. The van der Waals surface area contributed by atoms with Crippen LogP contribution in [0.15, 0.2) is 47.6 Å². The topological polar surface area (TPSA) is 85.6 Å². The molecule has 1 aliphatic rings. The van der Waals surface area contributed by atoms with Crippen molar-refractivity contribution >= 4 is 45.7 Å². The minimum atomic E-state index is -0.397. The second-order valence-electron chi connectivity index (χ2n) is 7.65. The molecule has 156 valence electrons. The number of para-hydroxylation sites is 1. The monoisotopic (exact) mass is 432 g/mol. The lowest BCUT2D eigenvalue weighted by Crippen LogP contribution is -2.25. The fraction of sp³-hybridized carbons (Fsp3) is 0.217. The molecule has 2 aromatic carbocycles. The standard InChI is InChI=1S/C23H20N4O3S/c1-12-5-4-6-16-13(2)9-19-25-26-23(27(19)21(12)16)31-14(3)22(29)15-7-8-18-17(10-15)24-20(28)11-30-18/h4-10,14H,11H2,1-3H3,(H,24,28). The second kappa shape index (κ2) is 7.39. The number of carbonyl (C=O) groups excluding carboxylic acids is 2. The summed E-state index contributed by atoms with van der Waals surface area (Å²) in [5.74, 6) is 0.279. The van der Waals surface area contributed by atoms with E-state index in [-0.39, 0.29) is 18.3 Å². The molecule has 31 heavy (non-hydrogen) atoms. The Morgan fingerprint density at radius 2 is 2.00 bits per heavy atom. The summed E-state index contributed by atoms with van der Waals surface area (Å²) in [7, 11) is 0. The summed E-state index contributed by atoms with van der Waals surface area (Å²) in [6, 6.07) is 13.3. The number of benzene rings is 2. The molecule has 5 rings (SSSR count). The van der Waals surface area contributed by atoms with Gasteiger partial charge in [-0.3, -0.25) is 14.0 Å². The molecule has 0 spiro atoms. The molecule has 3 heterocycles. The van der Waals surface area contributed by atoms with Gasteiger partial charge in [0.1, 0.15) is 5.75 Å². The number of anilines is 1. The van der Waals surface area contributed by atoms with Crippen LogP contribution >= 0.6 is 11.8 Å². The minimum Gasteiger partial charge on any atom is -0.482 e. The van der Waals surface area contributed by atoms with Crippen molar-refractivity contribution in [3.8, 4) is 5.75 Å². The summed E-state index contributed by atoms with van der Waals surface area (Å²) >= 11 is 1.37. The third kappa shape index (κ3) is 3.33. The van der Waals surface area contributed by atoms with Gasteiger partial charge in [-0.25, -0.2) is 0 Å². The van der Waals surface area contributed by atoms with Crippen molar-refractivity contribution in [3.05, 3.63) is 59.2 Å². The van der Waals surface area contributed by atoms with Gasteiger partial charge in [-0.05, 0) is 56.2 Å². The highest BCUT2D eigenvalue weighted by Crippen LogP contribution is 2.33. The average Bonchev–Trinajstić information content (AvgIpc) is 3.15. The number of fused-ring (bicyclic) bond motifs is 4. The van der Waals surface area contributed by atoms with Crippen molar-refractivity contribution < 1.29 is 14.3 Å². The zero-order chi connectivity index (χ0) is 21.7. The summed E-state index contributed by atoms with van der Waals surface area (Å²) < 4.78 is 7.40.